The third-order valence-corrected chi connectivity index (χ3v) is 4.39. The Kier molecular flexibility index (Phi) is 4.08. The molecule has 1 unspecified atom stereocenters. The van der Waals surface area contributed by atoms with Crippen LogP contribution in [0, 0.1) is 0 Å². The normalized spacial score (nSPS) is 18.4. The minimum Gasteiger partial charge on any atom is -0.482 e. The Morgan fingerprint density at radius 3 is 2.67 bits per heavy atom. The third-order valence-electron chi connectivity index (χ3n) is 4.39. The number of carbonyl (C=O) groups is 4. The average Bonchev–Trinajstić information content (AvgIpc) is 2.96. The second-order valence-corrected chi connectivity index (χ2v) is 6.19. The van der Waals surface area contributed by atoms with Crippen LogP contribution in [0.5, 0.6) is 5.75 Å². The van der Waals surface area contributed by atoms with Gasteiger partial charge in [-0.2, -0.15) is 0 Å². The molecule has 2 aliphatic heterocycles. The van der Waals surface area contributed by atoms with Crippen molar-refractivity contribution >= 4 is 29.3 Å². The number of ketones is 1. The molecule has 0 spiro atoms. The number of urea groups is 1. The van der Waals surface area contributed by atoms with Crippen LogP contribution in [0.3, 0.4) is 0 Å². The van der Waals surface area contributed by atoms with E-state index in [1.54, 1.807) is 30.3 Å². The lowest BCUT2D eigenvalue weighted by atomic mass is 10.1. The summed E-state index contributed by atoms with van der Waals surface area (Å²) < 4.78 is 5.25. The molecule has 0 saturated carbocycles. The molecule has 0 aromatic heterocycles. The van der Waals surface area contributed by atoms with Crippen LogP contribution in [-0.2, 0) is 9.59 Å². The van der Waals surface area contributed by atoms with E-state index in [9.17, 15) is 19.2 Å². The fourth-order valence-electron chi connectivity index (χ4n) is 3.03. The smallest absolute Gasteiger partial charge is 0.325 e. The Hall–Kier alpha value is -3.68. The van der Waals surface area contributed by atoms with Crippen molar-refractivity contribution in [3.8, 4) is 5.75 Å². The van der Waals surface area contributed by atoms with Gasteiger partial charge in [0.15, 0.2) is 12.4 Å². The number of Topliss-reactive ketones (excluding diaryl/α,β-unsaturated/α-hetero) is 1. The molecule has 1 saturated heterocycles. The van der Waals surface area contributed by atoms with E-state index in [1.165, 1.54) is 12.1 Å². The molecule has 4 rings (SSSR count). The molecule has 2 aromatic carbocycles. The predicted octanol–water partition coefficient (Wildman–Crippen LogP) is 1.49. The highest BCUT2D eigenvalue weighted by Crippen LogP contribution is 2.29. The first-order chi connectivity index (χ1) is 13.0. The van der Waals surface area contributed by atoms with Gasteiger partial charge in [0.05, 0.1) is 12.2 Å². The van der Waals surface area contributed by atoms with Crippen LogP contribution in [0.2, 0.25) is 0 Å². The van der Waals surface area contributed by atoms with Crippen molar-refractivity contribution in [3.05, 3.63) is 59.7 Å². The van der Waals surface area contributed by atoms with E-state index in [2.05, 4.69) is 10.6 Å². The number of hydrogen-bond acceptors (Lipinski definition) is 5. The van der Waals surface area contributed by atoms with E-state index < -0.39 is 23.8 Å². The summed E-state index contributed by atoms with van der Waals surface area (Å²) in [6.07, 6.45) is 0. The van der Waals surface area contributed by atoms with Crippen LogP contribution in [0.15, 0.2) is 48.5 Å². The molecule has 0 bridgehead atoms. The van der Waals surface area contributed by atoms with Gasteiger partial charge in [-0.05, 0) is 23.8 Å². The molecule has 8 nitrogen and oxygen atoms in total. The van der Waals surface area contributed by atoms with Crippen LogP contribution in [0.4, 0.5) is 10.5 Å². The van der Waals surface area contributed by atoms with Gasteiger partial charge in [-0.25, -0.2) is 4.79 Å². The Balaban J connectivity index is 1.51. The summed E-state index contributed by atoms with van der Waals surface area (Å²) in [5.41, 5.74) is 1.30. The van der Waals surface area contributed by atoms with E-state index in [1.807, 2.05) is 6.07 Å². The first-order valence-corrected chi connectivity index (χ1v) is 8.29. The maximum absolute atomic E-state index is 12.6. The van der Waals surface area contributed by atoms with E-state index in [0.717, 1.165) is 4.90 Å². The number of amides is 4. The Bertz CT molecular complexity index is 957. The Morgan fingerprint density at radius 1 is 1.11 bits per heavy atom. The number of rotatable bonds is 4. The topological polar surface area (TPSA) is 105 Å². The molecule has 8 heteroatoms. The molecule has 136 valence electrons. The fraction of sp³-hybridized carbons (Fsp3) is 0.158. The minimum absolute atomic E-state index is 0.0797. The third kappa shape index (κ3) is 3.12. The summed E-state index contributed by atoms with van der Waals surface area (Å²) in [6.45, 7) is -0.467. The van der Waals surface area contributed by atoms with Crippen molar-refractivity contribution in [1.29, 1.82) is 0 Å². The van der Waals surface area contributed by atoms with Gasteiger partial charge in [-0.15, -0.1) is 0 Å². The number of anilines is 1. The first-order valence-electron chi connectivity index (χ1n) is 8.29. The Labute approximate surface area is 154 Å². The highest BCUT2D eigenvalue weighted by atomic mass is 16.5. The molecule has 2 aliphatic rings. The number of fused-ring (bicyclic) bond motifs is 1. The molecular formula is C19H15N3O5. The summed E-state index contributed by atoms with van der Waals surface area (Å²) >= 11 is 0. The molecule has 2 aromatic rings. The number of ether oxygens (including phenoxy) is 1. The summed E-state index contributed by atoms with van der Waals surface area (Å²) in [5, 5.41) is 5.21. The maximum atomic E-state index is 12.6. The van der Waals surface area contributed by atoms with E-state index >= 15 is 0 Å². The van der Waals surface area contributed by atoms with Gasteiger partial charge >= 0.3 is 6.03 Å². The zero-order valence-corrected chi connectivity index (χ0v) is 14.1. The van der Waals surface area contributed by atoms with Crippen LogP contribution in [-0.4, -0.2) is 41.7 Å². The minimum atomic E-state index is -0.803. The molecule has 2 N–H and O–H groups in total. The quantitative estimate of drug-likeness (QED) is 0.631. The predicted molar refractivity (Wildman–Crippen MR) is 94.3 cm³/mol. The zero-order chi connectivity index (χ0) is 19.0. The van der Waals surface area contributed by atoms with Crippen molar-refractivity contribution in [2.75, 3.05) is 18.5 Å². The summed E-state index contributed by atoms with van der Waals surface area (Å²) in [5.74, 6) is -0.749. The number of nitrogens with one attached hydrogen (secondary N) is 2. The van der Waals surface area contributed by atoms with Crippen molar-refractivity contribution in [2.45, 2.75) is 6.04 Å². The van der Waals surface area contributed by atoms with Gasteiger partial charge in [0.25, 0.3) is 11.8 Å². The van der Waals surface area contributed by atoms with Gasteiger partial charge in [-0.1, -0.05) is 30.3 Å². The number of imide groups is 1. The highest BCUT2D eigenvalue weighted by molar-refractivity contribution is 6.10. The van der Waals surface area contributed by atoms with Crippen molar-refractivity contribution in [2.24, 2.45) is 0 Å². The summed E-state index contributed by atoms with van der Waals surface area (Å²) in [7, 11) is 0. The number of nitrogens with zero attached hydrogens (tertiary/aromatic N) is 1. The van der Waals surface area contributed by atoms with Gasteiger partial charge < -0.3 is 15.4 Å². The number of benzene rings is 2. The molecule has 0 aliphatic carbocycles. The van der Waals surface area contributed by atoms with Crippen molar-refractivity contribution < 1.29 is 23.9 Å². The molecule has 4 amide bonds. The van der Waals surface area contributed by atoms with Crippen LogP contribution in [0.1, 0.15) is 22.0 Å². The standard InChI is InChI=1S/C19H15N3O5/c23-14(12-6-7-15-13(8-12)20-16(24)10-27-15)9-22-18(25)17(21-19(22)26)11-4-2-1-3-5-11/h1-8,17H,9-10H2,(H,20,24)(H,21,26). The van der Waals surface area contributed by atoms with E-state index in [-0.39, 0.29) is 24.6 Å². The number of hydrogen-bond donors (Lipinski definition) is 2. The SMILES string of the molecule is O=C1COc2ccc(C(=O)CN3C(=O)NC(c4ccccc4)C3=O)cc2N1. The van der Waals surface area contributed by atoms with Gasteiger partial charge in [0.2, 0.25) is 0 Å². The van der Waals surface area contributed by atoms with Gasteiger partial charge in [0, 0.05) is 5.56 Å². The van der Waals surface area contributed by atoms with Crippen LogP contribution < -0.4 is 15.4 Å². The largest absolute Gasteiger partial charge is 0.482 e. The maximum Gasteiger partial charge on any atom is 0.325 e. The first kappa shape index (κ1) is 16.8. The monoisotopic (exact) mass is 365 g/mol. The van der Waals surface area contributed by atoms with Crippen LogP contribution in [0.25, 0.3) is 0 Å². The van der Waals surface area contributed by atoms with Gasteiger partial charge in [-0.3, -0.25) is 19.3 Å². The Morgan fingerprint density at radius 2 is 1.89 bits per heavy atom. The highest BCUT2D eigenvalue weighted by Gasteiger charge is 2.39. The lowest BCUT2D eigenvalue weighted by Gasteiger charge is -2.18. The van der Waals surface area contributed by atoms with Crippen LogP contribution >= 0.6 is 0 Å². The molecule has 1 fully saturated rings. The van der Waals surface area contributed by atoms with E-state index in [0.29, 0.717) is 17.0 Å². The summed E-state index contributed by atoms with van der Waals surface area (Å²) in [4.78, 5) is 49.6. The number of carbonyl (C=O) groups excluding carboxylic acids is 4. The molecular weight excluding hydrogens is 350 g/mol. The molecule has 2 heterocycles. The second kappa shape index (κ2) is 6.56. The molecule has 1 atom stereocenters. The molecule has 0 radical (unpaired) electrons. The van der Waals surface area contributed by atoms with Gasteiger partial charge in [0.1, 0.15) is 11.8 Å². The summed E-state index contributed by atoms with van der Waals surface area (Å²) in [6, 6.07) is 12.0. The lowest BCUT2D eigenvalue weighted by Crippen LogP contribution is -2.36. The second-order valence-electron chi connectivity index (χ2n) is 6.19. The van der Waals surface area contributed by atoms with Crippen molar-refractivity contribution in [3.63, 3.8) is 0 Å². The van der Waals surface area contributed by atoms with Crippen molar-refractivity contribution in [1.82, 2.24) is 10.2 Å². The molecule has 27 heavy (non-hydrogen) atoms. The fourth-order valence-corrected chi connectivity index (χ4v) is 3.03. The average molecular weight is 365 g/mol. The van der Waals surface area contributed by atoms with E-state index in [4.69, 9.17) is 4.74 Å². The lowest BCUT2D eigenvalue weighted by molar-refractivity contribution is -0.127. The zero-order valence-electron chi connectivity index (χ0n) is 14.1.